The van der Waals surface area contributed by atoms with Crippen molar-refractivity contribution in [3.05, 3.63) is 23.3 Å². The van der Waals surface area contributed by atoms with Crippen molar-refractivity contribution in [1.82, 2.24) is 4.90 Å². The fourth-order valence-corrected chi connectivity index (χ4v) is 6.66. The second kappa shape index (κ2) is 7.17. The zero-order valence-electron chi connectivity index (χ0n) is 18.3. The molecular formula is C24H29NO7. The van der Waals surface area contributed by atoms with Crippen LogP contribution in [-0.4, -0.2) is 73.1 Å². The summed E-state index contributed by atoms with van der Waals surface area (Å²) >= 11 is 0. The maximum atomic E-state index is 13.0. The molecule has 0 unspecified atom stereocenters. The van der Waals surface area contributed by atoms with Crippen LogP contribution in [0.25, 0.3) is 0 Å². The third-order valence-corrected chi connectivity index (χ3v) is 8.24. The Hall–Kier alpha value is -2.16. The fourth-order valence-electron chi connectivity index (χ4n) is 6.66. The number of rotatable bonds is 6. The van der Waals surface area contributed by atoms with E-state index in [1.807, 2.05) is 6.07 Å². The predicted molar refractivity (Wildman–Crippen MR) is 112 cm³/mol. The Morgan fingerprint density at radius 3 is 2.91 bits per heavy atom. The molecule has 32 heavy (non-hydrogen) atoms. The molecule has 1 saturated heterocycles. The number of hydrogen-bond donors (Lipinski definition) is 1. The lowest BCUT2D eigenvalue weighted by molar-refractivity contribution is -0.188. The van der Waals surface area contributed by atoms with E-state index < -0.39 is 23.3 Å². The van der Waals surface area contributed by atoms with Gasteiger partial charge in [0.2, 0.25) is 0 Å². The van der Waals surface area contributed by atoms with Gasteiger partial charge in [-0.3, -0.25) is 9.69 Å². The van der Waals surface area contributed by atoms with E-state index in [-0.39, 0.29) is 30.8 Å². The summed E-state index contributed by atoms with van der Waals surface area (Å²) < 4.78 is 21.7. The van der Waals surface area contributed by atoms with Gasteiger partial charge in [-0.1, -0.05) is 6.07 Å². The molecule has 0 amide bonds. The molecule has 1 spiro atoms. The Bertz CT molecular complexity index is 975. The summed E-state index contributed by atoms with van der Waals surface area (Å²) in [5, 5.41) is 12.2. The zero-order chi connectivity index (χ0) is 22.1. The molecule has 2 bridgehead atoms. The van der Waals surface area contributed by atoms with Crippen LogP contribution in [-0.2, 0) is 26.1 Å². The van der Waals surface area contributed by atoms with Gasteiger partial charge in [-0.15, -0.1) is 0 Å². The average molecular weight is 443 g/mol. The number of ketones is 1. The van der Waals surface area contributed by atoms with Gasteiger partial charge in [0.15, 0.2) is 23.4 Å². The highest BCUT2D eigenvalue weighted by Gasteiger charge is 2.73. The maximum Gasteiger partial charge on any atom is 0.514 e. The topological polar surface area (TPSA) is 94.5 Å². The largest absolute Gasteiger partial charge is 0.514 e. The number of likely N-dealkylation sites (tertiary alicyclic amines) is 1. The number of methoxy groups -OCH3 is 1. The quantitative estimate of drug-likeness (QED) is 0.405. The summed E-state index contributed by atoms with van der Waals surface area (Å²) in [7, 11) is 1.52. The van der Waals surface area contributed by atoms with Crippen molar-refractivity contribution >= 4 is 11.9 Å². The van der Waals surface area contributed by atoms with Crippen LogP contribution in [0.15, 0.2) is 12.1 Å². The molecule has 0 aromatic heterocycles. The molecule has 4 atom stereocenters. The SMILES string of the molecule is COCCOC(=O)Oc1ccc2c3c1O[C@H]1C(=O)CC[C@@]4(O)[C@@H](C2)N(CC2CC2)CC[C@]314. The highest BCUT2D eigenvalue weighted by Crippen LogP contribution is 2.65. The predicted octanol–water partition coefficient (Wildman–Crippen LogP) is 1.98. The van der Waals surface area contributed by atoms with Crippen LogP contribution in [0.4, 0.5) is 4.79 Å². The molecule has 1 aromatic rings. The van der Waals surface area contributed by atoms with Crippen molar-refractivity contribution in [2.24, 2.45) is 5.92 Å². The lowest BCUT2D eigenvalue weighted by Gasteiger charge is -2.62. The Morgan fingerprint density at radius 1 is 1.28 bits per heavy atom. The number of piperidine rings is 1. The number of carbonyl (C=O) groups excluding carboxylic acids is 2. The van der Waals surface area contributed by atoms with Crippen molar-refractivity contribution in [1.29, 1.82) is 0 Å². The van der Waals surface area contributed by atoms with Crippen LogP contribution in [0.2, 0.25) is 0 Å². The molecule has 8 nitrogen and oxygen atoms in total. The van der Waals surface area contributed by atoms with Gasteiger partial charge >= 0.3 is 6.16 Å². The van der Waals surface area contributed by atoms with Crippen LogP contribution < -0.4 is 9.47 Å². The smallest absolute Gasteiger partial charge is 0.477 e. The molecule has 172 valence electrons. The van der Waals surface area contributed by atoms with Gasteiger partial charge in [0, 0.05) is 31.7 Å². The Balaban J connectivity index is 1.40. The molecule has 8 heteroatoms. The van der Waals surface area contributed by atoms with E-state index in [4.69, 9.17) is 18.9 Å². The summed E-state index contributed by atoms with van der Waals surface area (Å²) in [4.78, 5) is 27.7. The first-order valence-electron chi connectivity index (χ1n) is 11.6. The second-order valence-electron chi connectivity index (χ2n) is 9.89. The maximum absolute atomic E-state index is 13.0. The lowest BCUT2D eigenvalue weighted by Crippen LogP contribution is -2.76. The molecule has 3 aliphatic carbocycles. The lowest BCUT2D eigenvalue weighted by atomic mass is 9.49. The van der Waals surface area contributed by atoms with Gasteiger partial charge in [0.25, 0.3) is 0 Å². The monoisotopic (exact) mass is 443 g/mol. The number of ether oxygens (including phenoxy) is 4. The minimum Gasteiger partial charge on any atom is -0.477 e. The van der Waals surface area contributed by atoms with Gasteiger partial charge in [-0.05, 0) is 56.2 Å². The number of hydrogen-bond acceptors (Lipinski definition) is 8. The summed E-state index contributed by atoms with van der Waals surface area (Å²) in [6.07, 6.45) is 3.05. The Morgan fingerprint density at radius 2 is 2.12 bits per heavy atom. The number of nitrogens with zero attached hydrogens (tertiary/aromatic N) is 1. The average Bonchev–Trinajstić information content (AvgIpc) is 3.51. The van der Waals surface area contributed by atoms with Crippen molar-refractivity contribution in [3.63, 3.8) is 0 Å². The third kappa shape index (κ3) is 2.72. The van der Waals surface area contributed by atoms with E-state index in [9.17, 15) is 14.7 Å². The summed E-state index contributed by atoms with van der Waals surface area (Å²) in [6, 6.07) is 3.65. The minimum atomic E-state index is -1.03. The van der Waals surface area contributed by atoms with Crippen molar-refractivity contribution in [2.75, 3.05) is 33.4 Å². The summed E-state index contributed by atoms with van der Waals surface area (Å²) in [5.74, 6) is 1.40. The Labute approximate surface area is 186 Å². The van der Waals surface area contributed by atoms with Gasteiger partial charge < -0.3 is 24.1 Å². The van der Waals surface area contributed by atoms with Crippen LogP contribution in [0.5, 0.6) is 11.5 Å². The third-order valence-electron chi connectivity index (χ3n) is 8.24. The van der Waals surface area contributed by atoms with Gasteiger partial charge in [-0.25, -0.2) is 4.79 Å². The molecule has 1 aromatic carbocycles. The highest BCUT2D eigenvalue weighted by molar-refractivity contribution is 5.90. The van der Waals surface area contributed by atoms with E-state index in [1.165, 1.54) is 20.0 Å². The van der Waals surface area contributed by atoms with Crippen molar-refractivity contribution < 1.29 is 33.6 Å². The molecule has 3 fully saturated rings. The number of benzene rings is 1. The van der Waals surface area contributed by atoms with Crippen LogP contribution in [0.3, 0.4) is 0 Å². The normalized spacial score (nSPS) is 34.6. The number of carbonyl (C=O) groups is 2. The molecule has 0 radical (unpaired) electrons. The summed E-state index contributed by atoms with van der Waals surface area (Å²) in [6.45, 7) is 2.20. The Kier molecular flexibility index (Phi) is 4.58. The standard InChI is InChI=1S/C24H29NO7/c1-29-10-11-30-22(27)31-17-5-4-15-12-18-24(28)7-6-16(26)21-23(24,19(15)20(17)32-21)8-9-25(18)13-14-2-3-14/h4-5,14,18,21,28H,2-3,6-13H2,1H3/t18-,21+,23+,24-/m1/s1. The van der Waals surface area contributed by atoms with Crippen molar-refractivity contribution in [2.45, 2.75) is 61.7 Å². The highest BCUT2D eigenvalue weighted by atomic mass is 16.7. The van der Waals surface area contributed by atoms with Crippen LogP contribution in [0, 0.1) is 5.92 Å². The van der Waals surface area contributed by atoms with Gasteiger partial charge in [0.05, 0.1) is 17.6 Å². The van der Waals surface area contributed by atoms with Crippen LogP contribution >= 0.6 is 0 Å². The van der Waals surface area contributed by atoms with E-state index in [2.05, 4.69) is 4.90 Å². The minimum absolute atomic E-state index is 0.0155. The molecule has 6 rings (SSSR count). The van der Waals surface area contributed by atoms with E-state index in [0.717, 1.165) is 30.1 Å². The van der Waals surface area contributed by atoms with E-state index >= 15 is 0 Å². The zero-order valence-corrected chi connectivity index (χ0v) is 18.3. The molecule has 2 heterocycles. The molecular weight excluding hydrogens is 414 g/mol. The van der Waals surface area contributed by atoms with Gasteiger partial charge in [0.1, 0.15) is 6.61 Å². The first-order chi connectivity index (χ1) is 15.5. The molecule has 2 saturated carbocycles. The summed E-state index contributed by atoms with van der Waals surface area (Å²) in [5.41, 5.74) is 0.124. The molecule has 2 aliphatic heterocycles. The van der Waals surface area contributed by atoms with E-state index in [0.29, 0.717) is 31.4 Å². The first kappa shape index (κ1) is 20.4. The number of Topliss-reactive ketones (excluding diaryl/α,β-unsaturated/α-hetero) is 1. The van der Waals surface area contributed by atoms with E-state index in [1.54, 1.807) is 6.07 Å². The number of aliphatic hydroxyl groups is 1. The fraction of sp³-hybridized carbons (Fsp3) is 0.667. The molecule has 1 N–H and O–H groups in total. The van der Waals surface area contributed by atoms with Gasteiger partial charge in [-0.2, -0.15) is 0 Å². The second-order valence-corrected chi connectivity index (χ2v) is 9.89. The molecule has 5 aliphatic rings. The van der Waals surface area contributed by atoms with Crippen molar-refractivity contribution in [3.8, 4) is 11.5 Å². The van der Waals surface area contributed by atoms with Crippen LogP contribution in [0.1, 0.15) is 43.2 Å². The first-order valence-corrected chi connectivity index (χ1v) is 11.6.